The van der Waals surface area contributed by atoms with Crippen LogP contribution in [0.25, 0.3) is 16.4 Å². The monoisotopic (exact) mass is 380 g/mol. The Hall–Kier alpha value is -3.38. The number of hydrogen-bond acceptors (Lipinski definition) is 5. The van der Waals surface area contributed by atoms with Crippen molar-refractivity contribution in [1.29, 1.82) is 0 Å². The number of benzene rings is 2. The summed E-state index contributed by atoms with van der Waals surface area (Å²) in [6.07, 6.45) is 1.47. The number of phenolic OH excluding ortho intramolecular Hbond substituents is 1. The van der Waals surface area contributed by atoms with Gasteiger partial charge in [-0.15, -0.1) is 0 Å². The van der Waals surface area contributed by atoms with E-state index in [0.29, 0.717) is 16.4 Å². The smallest absolute Gasteiger partial charge is 0.342 e. The first-order valence-electron chi connectivity index (χ1n) is 8.08. The van der Waals surface area contributed by atoms with Crippen molar-refractivity contribution in [3.63, 3.8) is 0 Å². The maximum atomic E-state index is 12.4. The molecule has 0 aliphatic carbocycles. The zero-order chi connectivity index (χ0) is 19.0. The van der Waals surface area contributed by atoms with Crippen LogP contribution in [-0.2, 0) is 11.3 Å². The lowest BCUT2D eigenvalue weighted by atomic mass is 10.1. The number of carbonyl (C=O) groups is 1. The number of rotatable bonds is 3. The standard InChI is InChI=1S/C20H13ClN2O4/c21-14-5-6-18-22-15(9-19(25)23(18)10-14)11-27-20(26)16-7-12-3-1-2-4-13(12)8-17(16)24/h1-10,24H,11H2. The van der Waals surface area contributed by atoms with E-state index in [9.17, 15) is 14.7 Å². The van der Waals surface area contributed by atoms with E-state index in [-0.39, 0.29) is 23.5 Å². The zero-order valence-electron chi connectivity index (χ0n) is 13.9. The zero-order valence-corrected chi connectivity index (χ0v) is 14.7. The summed E-state index contributed by atoms with van der Waals surface area (Å²) in [5.41, 5.74) is 0.419. The summed E-state index contributed by atoms with van der Waals surface area (Å²) in [6, 6.07) is 14.9. The van der Waals surface area contributed by atoms with Gasteiger partial charge in [0.2, 0.25) is 0 Å². The fourth-order valence-corrected chi connectivity index (χ4v) is 2.97. The minimum absolute atomic E-state index is 0.0537. The Morgan fingerprint density at radius 3 is 2.63 bits per heavy atom. The van der Waals surface area contributed by atoms with Gasteiger partial charge in [0.25, 0.3) is 5.56 Å². The second-order valence-corrected chi connectivity index (χ2v) is 6.39. The summed E-state index contributed by atoms with van der Waals surface area (Å²) >= 11 is 5.88. The Labute approximate surface area is 158 Å². The highest BCUT2D eigenvalue weighted by atomic mass is 35.5. The van der Waals surface area contributed by atoms with E-state index >= 15 is 0 Å². The Morgan fingerprint density at radius 1 is 1.11 bits per heavy atom. The molecule has 1 N–H and O–H groups in total. The van der Waals surface area contributed by atoms with Gasteiger partial charge in [0.05, 0.1) is 10.7 Å². The molecule has 0 unspecified atom stereocenters. The maximum absolute atomic E-state index is 12.4. The van der Waals surface area contributed by atoms with E-state index in [1.54, 1.807) is 18.2 Å². The second-order valence-electron chi connectivity index (χ2n) is 5.95. The minimum Gasteiger partial charge on any atom is -0.507 e. The molecule has 0 saturated heterocycles. The van der Waals surface area contributed by atoms with E-state index in [4.69, 9.17) is 16.3 Å². The van der Waals surface area contributed by atoms with Crippen molar-refractivity contribution in [1.82, 2.24) is 9.38 Å². The molecule has 0 saturated carbocycles. The van der Waals surface area contributed by atoms with Gasteiger partial charge in [-0.1, -0.05) is 35.9 Å². The van der Waals surface area contributed by atoms with Crippen molar-refractivity contribution in [2.24, 2.45) is 0 Å². The lowest BCUT2D eigenvalue weighted by Crippen LogP contribution is -2.16. The third-order valence-electron chi connectivity index (χ3n) is 4.11. The van der Waals surface area contributed by atoms with Crippen LogP contribution in [0, 0.1) is 0 Å². The van der Waals surface area contributed by atoms with Crippen LogP contribution in [-0.4, -0.2) is 20.5 Å². The van der Waals surface area contributed by atoms with E-state index in [1.165, 1.54) is 22.7 Å². The predicted octanol–water partition coefficient (Wildman–Crippen LogP) is 3.56. The van der Waals surface area contributed by atoms with Gasteiger partial charge in [0.15, 0.2) is 0 Å². The third-order valence-corrected chi connectivity index (χ3v) is 4.34. The van der Waals surface area contributed by atoms with E-state index in [1.807, 2.05) is 24.3 Å². The molecular weight excluding hydrogens is 368 g/mol. The molecule has 0 aliphatic rings. The van der Waals surface area contributed by atoms with Gasteiger partial charge >= 0.3 is 5.97 Å². The molecule has 0 bridgehead atoms. The van der Waals surface area contributed by atoms with Gasteiger partial charge in [-0.05, 0) is 35.0 Å². The first-order chi connectivity index (χ1) is 13.0. The summed E-state index contributed by atoms with van der Waals surface area (Å²) in [5.74, 6) is -0.865. The molecule has 0 atom stereocenters. The van der Waals surface area contributed by atoms with Gasteiger partial charge in [-0.3, -0.25) is 9.20 Å². The highest BCUT2D eigenvalue weighted by Crippen LogP contribution is 2.25. The van der Waals surface area contributed by atoms with Crippen LogP contribution in [0.1, 0.15) is 16.1 Å². The van der Waals surface area contributed by atoms with Crippen molar-refractivity contribution in [3.05, 3.63) is 87.4 Å². The van der Waals surface area contributed by atoms with Crippen LogP contribution < -0.4 is 5.56 Å². The van der Waals surface area contributed by atoms with Gasteiger partial charge < -0.3 is 9.84 Å². The van der Waals surface area contributed by atoms with E-state index < -0.39 is 5.97 Å². The van der Waals surface area contributed by atoms with Gasteiger partial charge in [-0.2, -0.15) is 0 Å². The molecule has 2 heterocycles. The molecule has 0 spiro atoms. The Balaban J connectivity index is 1.59. The number of fused-ring (bicyclic) bond motifs is 2. The molecule has 0 amide bonds. The molecular formula is C20H13ClN2O4. The topological polar surface area (TPSA) is 80.9 Å². The highest BCUT2D eigenvalue weighted by molar-refractivity contribution is 6.30. The van der Waals surface area contributed by atoms with Crippen LogP contribution in [0.3, 0.4) is 0 Å². The fourth-order valence-electron chi connectivity index (χ4n) is 2.81. The molecule has 4 aromatic rings. The van der Waals surface area contributed by atoms with Crippen LogP contribution in [0.2, 0.25) is 5.02 Å². The predicted molar refractivity (Wildman–Crippen MR) is 101 cm³/mol. The number of aromatic hydroxyl groups is 1. The quantitative estimate of drug-likeness (QED) is 0.549. The summed E-state index contributed by atoms with van der Waals surface area (Å²) in [4.78, 5) is 28.8. The van der Waals surface area contributed by atoms with E-state index in [0.717, 1.165) is 10.8 Å². The van der Waals surface area contributed by atoms with Crippen LogP contribution >= 0.6 is 11.6 Å². The van der Waals surface area contributed by atoms with Gasteiger partial charge in [-0.25, -0.2) is 9.78 Å². The number of halogens is 1. The molecule has 2 aromatic carbocycles. The maximum Gasteiger partial charge on any atom is 0.342 e. The third kappa shape index (κ3) is 3.35. The molecule has 7 heteroatoms. The lowest BCUT2D eigenvalue weighted by molar-refractivity contribution is 0.0464. The fraction of sp³-hybridized carbons (Fsp3) is 0.0500. The Bertz CT molecular complexity index is 1250. The molecule has 0 radical (unpaired) electrons. The van der Waals surface area contributed by atoms with Gasteiger partial charge in [0, 0.05) is 12.3 Å². The van der Waals surface area contributed by atoms with Crippen molar-refractivity contribution in [3.8, 4) is 5.75 Å². The first-order valence-corrected chi connectivity index (χ1v) is 8.46. The number of nitrogens with zero attached hydrogens (tertiary/aromatic N) is 2. The number of esters is 1. The van der Waals surface area contributed by atoms with Crippen LogP contribution in [0.4, 0.5) is 0 Å². The van der Waals surface area contributed by atoms with Crippen molar-refractivity contribution in [2.75, 3.05) is 0 Å². The largest absolute Gasteiger partial charge is 0.507 e. The normalized spacial score (nSPS) is 11.0. The van der Waals surface area contributed by atoms with Crippen molar-refractivity contribution in [2.45, 2.75) is 6.61 Å². The Morgan fingerprint density at radius 2 is 1.85 bits per heavy atom. The van der Waals surface area contributed by atoms with E-state index in [2.05, 4.69) is 4.98 Å². The van der Waals surface area contributed by atoms with Crippen LogP contribution in [0.5, 0.6) is 5.75 Å². The average molecular weight is 381 g/mol. The minimum atomic E-state index is -0.698. The molecule has 134 valence electrons. The highest BCUT2D eigenvalue weighted by Gasteiger charge is 2.15. The summed E-state index contributed by atoms with van der Waals surface area (Å²) in [5, 5.41) is 12.1. The number of carbonyl (C=O) groups excluding carboxylic acids is 1. The first kappa shape index (κ1) is 17.1. The van der Waals surface area contributed by atoms with Crippen molar-refractivity contribution < 1.29 is 14.6 Å². The molecule has 27 heavy (non-hydrogen) atoms. The average Bonchev–Trinajstić information content (AvgIpc) is 2.66. The summed E-state index contributed by atoms with van der Waals surface area (Å²) in [7, 11) is 0. The number of hydrogen-bond donors (Lipinski definition) is 1. The van der Waals surface area contributed by atoms with Gasteiger partial charge in [0.1, 0.15) is 23.6 Å². The van der Waals surface area contributed by atoms with Crippen molar-refractivity contribution >= 4 is 34.0 Å². The number of aromatic nitrogens is 2. The second kappa shape index (κ2) is 6.74. The molecule has 6 nitrogen and oxygen atoms in total. The SMILES string of the molecule is O=C(OCc1cc(=O)n2cc(Cl)ccc2n1)c1cc2ccccc2cc1O. The summed E-state index contributed by atoms with van der Waals surface area (Å²) < 4.78 is 6.54. The molecule has 4 rings (SSSR count). The summed E-state index contributed by atoms with van der Waals surface area (Å²) in [6.45, 7) is -0.195. The molecule has 0 aliphatic heterocycles. The number of pyridine rings is 1. The van der Waals surface area contributed by atoms with Crippen LogP contribution in [0.15, 0.2) is 65.6 Å². The molecule has 0 fully saturated rings. The molecule has 2 aromatic heterocycles. The lowest BCUT2D eigenvalue weighted by Gasteiger charge is -2.08. The number of ether oxygens (including phenoxy) is 1. The number of phenols is 1. The Kier molecular flexibility index (Phi) is 4.25.